The van der Waals surface area contributed by atoms with Gasteiger partial charge in [0.2, 0.25) is 5.88 Å². The van der Waals surface area contributed by atoms with Crippen LogP contribution in [-0.2, 0) is 0 Å². The molecule has 1 amide bonds. The molecule has 0 saturated heterocycles. The van der Waals surface area contributed by atoms with Gasteiger partial charge in [0.05, 0.1) is 18.4 Å². The second kappa shape index (κ2) is 5.79. The summed E-state index contributed by atoms with van der Waals surface area (Å²) in [6, 6.07) is 3.31. The maximum Gasteiger partial charge on any atom is 0.259 e. The van der Waals surface area contributed by atoms with Gasteiger partial charge in [-0.05, 0) is 12.0 Å². The molecule has 0 aliphatic carbocycles. The summed E-state index contributed by atoms with van der Waals surface area (Å²) in [5.41, 5.74) is 1.45. The highest BCUT2D eigenvalue weighted by Gasteiger charge is 2.11. The van der Waals surface area contributed by atoms with Gasteiger partial charge in [0.25, 0.3) is 5.91 Å². The van der Waals surface area contributed by atoms with Crippen LogP contribution in [0.3, 0.4) is 0 Å². The fourth-order valence-corrected chi connectivity index (χ4v) is 2.28. The van der Waals surface area contributed by atoms with Crippen molar-refractivity contribution in [3.63, 3.8) is 0 Å². The Balaban J connectivity index is 2.06. The van der Waals surface area contributed by atoms with Crippen molar-refractivity contribution >= 4 is 22.4 Å². The van der Waals surface area contributed by atoms with Crippen LogP contribution in [0.5, 0.6) is 5.88 Å². The number of anilines is 1. The van der Waals surface area contributed by atoms with Crippen LogP contribution in [-0.4, -0.2) is 23.0 Å². The van der Waals surface area contributed by atoms with Crippen LogP contribution in [0.2, 0.25) is 0 Å². The standard InChI is InChI=1S/C13H15N3O2S/c1-8(2)10-7-19-13(15-10)16-12(17)9-4-5-11(18-3)14-6-9/h4-8H,1-3H3,(H,15,16,17). The van der Waals surface area contributed by atoms with Crippen molar-refractivity contribution in [2.45, 2.75) is 19.8 Å². The molecule has 0 saturated carbocycles. The van der Waals surface area contributed by atoms with Crippen LogP contribution in [0.4, 0.5) is 5.13 Å². The van der Waals surface area contributed by atoms with E-state index in [-0.39, 0.29) is 5.91 Å². The molecule has 2 rings (SSSR count). The number of aromatic nitrogens is 2. The van der Waals surface area contributed by atoms with E-state index in [1.165, 1.54) is 24.6 Å². The van der Waals surface area contributed by atoms with Gasteiger partial charge < -0.3 is 4.74 Å². The number of hydrogen-bond acceptors (Lipinski definition) is 5. The molecule has 19 heavy (non-hydrogen) atoms. The first kappa shape index (κ1) is 13.5. The summed E-state index contributed by atoms with van der Waals surface area (Å²) in [4.78, 5) is 20.3. The van der Waals surface area contributed by atoms with Gasteiger partial charge in [-0.25, -0.2) is 9.97 Å². The van der Waals surface area contributed by atoms with Crippen LogP contribution in [0.15, 0.2) is 23.7 Å². The highest BCUT2D eigenvalue weighted by molar-refractivity contribution is 7.14. The summed E-state index contributed by atoms with van der Waals surface area (Å²) in [5, 5.41) is 5.31. The lowest BCUT2D eigenvalue weighted by molar-refractivity contribution is 0.102. The molecule has 2 aromatic heterocycles. The minimum atomic E-state index is -0.222. The maximum atomic E-state index is 12.0. The summed E-state index contributed by atoms with van der Waals surface area (Å²) >= 11 is 1.42. The Kier molecular flexibility index (Phi) is 4.11. The Hall–Kier alpha value is -1.95. The van der Waals surface area contributed by atoms with Crippen molar-refractivity contribution in [1.82, 2.24) is 9.97 Å². The first-order chi connectivity index (χ1) is 9.10. The number of thiazole rings is 1. The molecule has 2 heterocycles. The lowest BCUT2D eigenvalue weighted by atomic mass is 10.2. The van der Waals surface area contributed by atoms with E-state index in [0.717, 1.165) is 5.69 Å². The third-order valence-electron chi connectivity index (χ3n) is 2.54. The highest BCUT2D eigenvalue weighted by atomic mass is 32.1. The molecule has 0 unspecified atom stereocenters. The van der Waals surface area contributed by atoms with Crippen molar-refractivity contribution in [2.24, 2.45) is 0 Å². The average Bonchev–Trinajstić information content (AvgIpc) is 2.87. The maximum absolute atomic E-state index is 12.0. The highest BCUT2D eigenvalue weighted by Crippen LogP contribution is 2.22. The molecule has 100 valence electrons. The number of ether oxygens (including phenoxy) is 1. The van der Waals surface area contributed by atoms with Gasteiger partial charge in [-0.1, -0.05) is 13.8 Å². The molecule has 0 aliphatic rings. The zero-order valence-corrected chi connectivity index (χ0v) is 11.8. The molecule has 0 radical (unpaired) electrons. The van der Waals surface area contributed by atoms with E-state index in [1.807, 2.05) is 5.38 Å². The van der Waals surface area contributed by atoms with Crippen LogP contribution in [0.25, 0.3) is 0 Å². The van der Waals surface area contributed by atoms with Crippen molar-refractivity contribution in [3.8, 4) is 5.88 Å². The third-order valence-corrected chi connectivity index (χ3v) is 3.32. The summed E-state index contributed by atoms with van der Waals surface area (Å²) < 4.78 is 4.94. The summed E-state index contributed by atoms with van der Waals surface area (Å²) in [6.07, 6.45) is 1.48. The topological polar surface area (TPSA) is 64.1 Å². The largest absolute Gasteiger partial charge is 0.481 e. The van der Waals surface area contributed by atoms with E-state index >= 15 is 0 Å². The van der Waals surface area contributed by atoms with Crippen LogP contribution in [0.1, 0.15) is 35.8 Å². The zero-order valence-electron chi connectivity index (χ0n) is 11.0. The molecular weight excluding hydrogens is 262 g/mol. The second-order valence-electron chi connectivity index (χ2n) is 4.28. The molecular formula is C13H15N3O2S. The van der Waals surface area contributed by atoms with Crippen molar-refractivity contribution in [3.05, 3.63) is 35.0 Å². The number of pyridine rings is 1. The third kappa shape index (κ3) is 3.29. The average molecular weight is 277 g/mol. The molecule has 0 fully saturated rings. The van der Waals surface area contributed by atoms with E-state index in [9.17, 15) is 4.79 Å². The predicted octanol–water partition coefficient (Wildman–Crippen LogP) is 2.92. The molecule has 0 spiro atoms. The lowest BCUT2D eigenvalue weighted by Crippen LogP contribution is -2.12. The SMILES string of the molecule is COc1ccc(C(=O)Nc2nc(C(C)C)cs2)cn1. The Bertz CT molecular complexity index is 564. The first-order valence-electron chi connectivity index (χ1n) is 5.87. The van der Waals surface area contributed by atoms with Gasteiger partial charge in [0.15, 0.2) is 5.13 Å². The van der Waals surface area contributed by atoms with E-state index in [1.54, 1.807) is 12.1 Å². The number of amides is 1. The predicted molar refractivity (Wildman–Crippen MR) is 74.9 cm³/mol. The number of hydrogen-bond donors (Lipinski definition) is 1. The smallest absolute Gasteiger partial charge is 0.259 e. The lowest BCUT2D eigenvalue weighted by Gasteiger charge is -2.03. The van der Waals surface area contributed by atoms with Crippen molar-refractivity contribution in [2.75, 3.05) is 12.4 Å². The van der Waals surface area contributed by atoms with E-state index in [2.05, 4.69) is 29.1 Å². The monoisotopic (exact) mass is 277 g/mol. The fourth-order valence-electron chi connectivity index (χ4n) is 1.41. The number of carbonyl (C=O) groups excluding carboxylic acids is 1. The van der Waals surface area contributed by atoms with Crippen molar-refractivity contribution in [1.29, 1.82) is 0 Å². The van der Waals surface area contributed by atoms with Crippen LogP contribution >= 0.6 is 11.3 Å². The van der Waals surface area contributed by atoms with Crippen LogP contribution in [0, 0.1) is 0 Å². The van der Waals surface area contributed by atoms with Gasteiger partial charge in [-0.15, -0.1) is 11.3 Å². The number of rotatable bonds is 4. The minimum absolute atomic E-state index is 0.222. The Morgan fingerprint density at radius 3 is 2.74 bits per heavy atom. The molecule has 0 aromatic carbocycles. The summed E-state index contributed by atoms with van der Waals surface area (Å²) in [6.45, 7) is 4.13. The molecule has 0 atom stereocenters. The first-order valence-corrected chi connectivity index (χ1v) is 6.75. The van der Waals surface area contributed by atoms with Gasteiger partial charge in [-0.3, -0.25) is 10.1 Å². The van der Waals surface area contributed by atoms with Crippen LogP contribution < -0.4 is 10.1 Å². The molecule has 0 bridgehead atoms. The number of nitrogens with one attached hydrogen (secondary N) is 1. The molecule has 1 N–H and O–H groups in total. The van der Waals surface area contributed by atoms with Crippen molar-refractivity contribution < 1.29 is 9.53 Å². The van der Waals surface area contributed by atoms with E-state index in [4.69, 9.17) is 4.74 Å². The zero-order chi connectivity index (χ0) is 13.8. The molecule has 2 aromatic rings. The number of nitrogens with zero attached hydrogens (tertiary/aromatic N) is 2. The quantitative estimate of drug-likeness (QED) is 0.933. The second-order valence-corrected chi connectivity index (χ2v) is 5.13. The van der Waals surface area contributed by atoms with Gasteiger partial charge >= 0.3 is 0 Å². The summed E-state index contributed by atoms with van der Waals surface area (Å²) in [5.74, 6) is 0.609. The number of carbonyl (C=O) groups is 1. The Morgan fingerprint density at radius 2 is 2.21 bits per heavy atom. The van der Waals surface area contributed by atoms with Gasteiger partial charge in [0, 0.05) is 17.6 Å². The van der Waals surface area contributed by atoms with E-state index < -0.39 is 0 Å². The molecule has 6 heteroatoms. The fraction of sp³-hybridized carbons (Fsp3) is 0.308. The van der Waals surface area contributed by atoms with Gasteiger partial charge in [0.1, 0.15) is 0 Å². The number of methoxy groups -OCH3 is 1. The normalized spacial score (nSPS) is 10.5. The minimum Gasteiger partial charge on any atom is -0.481 e. The summed E-state index contributed by atoms with van der Waals surface area (Å²) in [7, 11) is 1.53. The van der Waals surface area contributed by atoms with Gasteiger partial charge in [-0.2, -0.15) is 0 Å². The Labute approximate surface area is 115 Å². The molecule has 5 nitrogen and oxygen atoms in total. The Morgan fingerprint density at radius 1 is 1.42 bits per heavy atom. The van der Waals surface area contributed by atoms with E-state index in [0.29, 0.717) is 22.5 Å². The molecule has 0 aliphatic heterocycles.